The summed E-state index contributed by atoms with van der Waals surface area (Å²) < 4.78 is 0.793. The number of halogens is 1. The van der Waals surface area contributed by atoms with Crippen LogP contribution in [0.2, 0.25) is 0 Å². The lowest BCUT2D eigenvalue weighted by molar-refractivity contribution is 0.241. The molecule has 3 rings (SSSR count). The van der Waals surface area contributed by atoms with Crippen molar-refractivity contribution in [3.05, 3.63) is 21.9 Å². The van der Waals surface area contributed by atoms with Crippen molar-refractivity contribution in [2.75, 3.05) is 12.3 Å². The molecule has 15 heavy (non-hydrogen) atoms. The van der Waals surface area contributed by atoms with E-state index in [1.54, 1.807) is 0 Å². The van der Waals surface area contributed by atoms with Gasteiger partial charge in [0, 0.05) is 31.2 Å². The lowest BCUT2D eigenvalue weighted by Gasteiger charge is -2.28. The molecule has 2 heterocycles. The Labute approximate surface area is 97.8 Å². The van der Waals surface area contributed by atoms with Crippen molar-refractivity contribution in [2.24, 2.45) is 0 Å². The van der Waals surface area contributed by atoms with Gasteiger partial charge in [-0.2, -0.15) is 0 Å². The van der Waals surface area contributed by atoms with E-state index in [2.05, 4.69) is 31.9 Å². The molecule has 0 spiro atoms. The Kier molecular flexibility index (Phi) is 2.21. The number of pyridine rings is 1. The lowest BCUT2D eigenvalue weighted by atomic mass is 10.1. The highest BCUT2D eigenvalue weighted by molar-refractivity contribution is 9.10. The maximum Gasteiger partial charge on any atom is 0.129 e. The van der Waals surface area contributed by atoms with Gasteiger partial charge in [-0.1, -0.05) is 0 Å². The van der Waals surface area contributed by atoms with Crippen molar-refractivity contribution in [1.82, 2.24) is 9.88 Å². The van der Waals surface area contributed by atoms with Gasteiger partial charge in [0.25, 0.3) is 0 Å². The standard InChI is InChI=1S/C11H14BrN3/c12-11-9(13)5-7-6-15(8-1-2-8)4-3-10(7)14-11/h5,8H,1-4,6,13H2. The van der Waals surface area contributed by atoms with Gasteiger partial charge in [0.2, 0.25) is 0 Å². The molecule has 4 heteroatoms. The number of hydrogen-bond acceptors (Lipinski definition) is 3. The van der Waals surface area contributed by atoms with Crippen LogP contribution in [0.3, 0.4) is 0 Å². The van der Waals surface area contributed by atoms with Crippen molar-refractivity contribution in [3.63, 3.8) is 0 Å². The smallest absolute Gasteiger partial charge is 0.129 e. The van der Waals surface area contributed by atoms with Crippen molar-refractivity contribution >= 4 is 21.6 Å². The summed E-state index contributed by atoms with van der Waals surface area (Å²) in [5.74, 6) is 0. The number of nitrogens with two attached hydrogens (primary N) is 1. The highest BCUT2D eigenvalue weighted by Crippen LogP contribution is 2.32. The van der Waals surface area contributed by atoms with Gasteiger partial charge in [-0.25, -0.2) is 4.98 Å². The van der Waals surface area contributed by atoms with Crippen LogP contribution in [0.1, 0.15) is 24.1 Å². The highest BCUT2D eigenvalue weighted by atomic mass is 79.9. The molecule has 0 radical (unpaired) electrons. The molecular formula is C11H14BrN3. The molecule has 0 bridgehead atoms. The first-order chi connectivity index (χ1) is 7.24. The second-order valence-corrected chi connectivity index (χ2v) is 5.18. The second-order valence-electron chi connectivity index (χ2n) is 4.43. The van der Waals surface area contributed by atoms with Crippen LogP contribution in [0.25, 0.3) is 0 Å². The number of hydrogen-bond donors (Lipinski definition) is 1. The quantitative estimate of drug-likeness (QED) is 0.791. The predicted octanol–water partition coefficient (Wildman–Crippen LogP) is 1.95. The Bertz CT molecular complexity index is 401. The molecule has 0 atom stereocenters. The third kappa shape index (κ3) is 1.76. The molecule has 1 aliphatic heterocycles. The second kappa shape index (κ2) is 3.46. The zero-order chi connectivity index (χ0) is 10.4. The Morgan fingerprint density at radius 3 is 3.00 bits per heavy atom. The van der Waals surface area contributed by atoms with Crippen LogP contribution < -0.4 is 5.73 Å². The number of nitrogens with zero attached hydrogens (tertiary/aromatic N) is 2. The summed E-state index contributed by atoms with van der Waals surface area (Å²) in [6.07, 6.45) is 3.80. The van der Waals surface area contributed by atoms with Crippen LogP contribution in [-0.4, -0.2) is 22.5 Å². The van der Waals surface area contributed by atoms with E-state index >= 15 is 0 Å². The monoisotopic (exact) mass is 267 g/mol. The maximum absolute atomic E-state index is 5.85. The summed E-state index contributed by atoms with van der Waals surface area (Å²) in [5.41, 5.74) is 9.14. The SMILES string of the molecule is Nc1cc2c(nc1Br)CCN(C1CC1)C2. The molecule has 0 saturated heterocycles. The molecule has 2 N–H and O–H groups in total. The maximum atomic E-state index is 5.85. The zero-order valence-corrected chi connectivity index (χ0v) is 10.1. The first-order valence-electron chi connectivity index (χ1n) is 5.42. The fourth-order valence-corrected chi connectivity index (χ4v) is 2.57. The summed E-state index contributed by atoms with van der Waals surface area (Å²) in [6, 6.07) is 2.91. The lowest BCUT2D eigenvalue weighted by Crippen LogP contribution is -2.32. The molecule has 1 aromatic heterocycles. The van der Waals surface area contributed by atoms with E-state index in [1.165, 1.54) is 24.1 Å². The number of fused-ring (bicyclic) bond motifs is 1. The van der Waals surface area contributed by atoms with Gasteiger partial charge in [-0.3, -0.25) is 4.90 Å². The van der Waals surface area contributed by atoms with E-state index < -0.39 is 0 Å². The molecule has 2 aliphatic rings. The minimum Gasteiger partial charge on any atom is -0.397 e. The average Bonchev–Trinajstić information content (AvgIpc) is 3.02. The summed E-state index contributed by atoms with van der Waals surface area (Å²) in [4.78, 5) is 7.05. The Balaban J connectivity index is 1.91. The number of rotatable bonds is 1. The van der Waals surface area contributed by atoms with E-state index in [1.807, 2.05) is 0 Å². The predicted molar refractivity (Wildman–Crippen MR) is 63.5 cm³/mol. The largest absolute Gasteiger partial charge is 0.397 e. The van der Waals surface area contributed by atoms with E-state index in [0.717, 1.165) is 35.8 Å². The van der Waals surface area contributed by atoms with E-state index in [4.69, 9.17) is 5.73 Å². The Hall–Kier alpha value is -0.610. The Morgan fingerprint density at radius 2 is 2.27 bits per heavy atom. The first-order valence-corrected chi connectivity index (χ1v) is 6.21. The van der Waals surface area contributed by atoms with E-state index in [9.17, 15) is 0 Å². The van der Waals surface area contributed by atoms with Crippen LogP contribution >= 0.6 is 15.9 Å². The third-order valence-electron chi connectivity index (χ3n) is 3.24. The van der Waals surface area contributed by atoms with Crippen LogP contribution in [0.15, 0.2) is 10.7 Å². The summed E-state index contributed by atoms with van der Waals surface area (Å²) in [7, 11) is 0. The van der Waals surface area contributed by atoms with Crippen molar-refractivity contribution in [3.8, 4) is 0 Å². The molecule has 0 aromatic carbocycles. The molecule has 1 saturated carbocycles. The minimum absolute atomic E-state index is 0.756. The number of anilines is 1. The molecular weight excluding hydrogens is 254 g/mol. The molecule has 1 aliphatic carbocycles. The van der Waals surface area contributed by atoms with Crippen molar-refractivity contribution in [2.45, 2.75) is 31.8 Å². The zero-order valence-electron chi connectivity index (χ0n) is 8.54. The fourth-order valence-electron chi connectivity index (χ4n) is 2.24. The summed E-state index contributed by atoms with van der Waals surface area (Å²) in [5, 5.41) is 0. The van der Waals surface area contributed by atoms with Gasteiger partial charge in [-0.15, -0.1) is 0 Å². The first kappa shape index (κ1) is 9.60. The summed E-state index contributed by atoms with van der Waals surface area (Å²) >= 11 is 3.38. The summed E-state index contributed by atoms with van der Waals surface area (Å²) in [6.45, 7) is 2.19. The van der Waals surface area contributed by atoms with Crippen LogP contribution in [0.4, 0.5) is 5.69 Å². The molecule has 1 fully saturated rings. The van der Waals surface area contributed by atoms with Crippen LogP contribution in [0, 0.1) is 0 Å². The minimum atomic E-state index is 0.756. The normalized spacial score (nSPS) is 21.4. The van der Waals surface area contributed by atoms with Crippen LogP contribution in [0.5, 0.6) is 0 Å². The number of aromatic nitrogens is 1. The van der Waals surface area contributed by atoms with E-state index in [0.29, 0.717) is 0 Å². The van der Waals surface area contributed by atoms with Gasteiger partial charge in [0.15, 0.2) is 0 Å². The van der Waals surface area contributed by atoms with Gasteiger partial charge < -0.3 is 5.73 Å². The Morgan fingerprint density at radius 1 is 1.47 bits per heavy atom. The molecule has 3 nitrogen and oxygen atoms in total. The average molecular weight is 268 g/mol. The van der Waals surface area contributed by atoms with Gasteiger partial charge in [0.1, 0.15) is 4.60 Å². The highest BCUT2D eigenvalue weighted by Gasteiger charge is 2.31. The van der Waals surface area contributed by atoms with E-state index in [-0.39, 0.29) is 0 Å². The molecule has 0 unspecified atom stereocenters. The van der Waals surface area contributed by atoms with Crippen LogP contribution in [-0.2, 0) is 13.0 Å². The molecule has 80 valence electrons. The van der Waals surface area contributed by atoms with Crippen molar-refractivity contribution < 1.29 is 0 Å². The van der Waals surface area contributed by atoms with Gasteiger partial charge >= 0.3 is 0 Å². The number of nitrogen functional groups attached to an aromatic ring is 1. The van der Waals surface area contributed by atoms with Crippen molar-refractivity contribution in [1.29, 1.82) is 0 Å². The topological polar surface area (TPSA) is 42.1 Å². The fraction of sp³-hybridized carbons (Fsp3) is 0.545. The van der Waals surface area contributed by atoms with Gasteiger partial charge in [0.05, 0.1) is 5.69 Å². The third-order valence-corrected chi connectivity index (χ3v) is 3.88. The molecule has 1 aromatic rings. The van der Waals surface area contributed by atoms with Gasteiger partial charge in [-0.05, 0) is 40.4 Å². The molecule has 0 amide bonds.